The maximum atomic E-state index is 12.0. The first-order valence-corrected chi connectivity index (χ1v) is 12.0. The largest absolute Gasteiger partial charge is 0.361 e. The fourth-order valence-corrected chi connectivity index (χ4v) is 5.40. The molecule has 1 atom stereocenters. The van der Waals surface area contributed by atoms with Crippen LogP contribution in [-0.4, -0.2) is 35.2 Å². The van der Waals surface area contributed by atoms with Crippen molar-refractivity contribution in [1.29, 1.82) is 0 Å². The predicted molar refractivity (Wildman–Crippen MR) is 134 cm³/mol. The molecule has 0 bridgehead atoms. The molecule has 2 heterocycles. The van der Waals surface area contributed by atoms with Crippen molar-refractivity contribution in [3.63, 3.8) is 0 Å². The van der Waals surface area contributed by atoms with E-state index in [-0.39, 0.29) is 5.92 Å². The van der Waals surface area contributed by atoms with E-state index in [1.807, 2.05) is 0 Å². The molecular formula is C28H39N3O. The van der Waals surface area contributed by atoms with E-state index in [1.165, 1.54) is 39.2 Å². The van der Waals surface area contributed by atoms with Gasteiger partial charge in [-0.1, -0.05) is 52.0 Å². The van der Waals surface area contributed by atoms with Gasteiger partial charge in [-0.3, -0.25) is 4.79 Å². The zero-order valence-corrected chi connectivity index (χ0v) is 20.9. The smallest absolute Gasteiger partial charge is 0.166 e. The summed E-state index contributed by atoms with van der Waals surface area (Å²) in [5.41, 5.74) is 12.3. The topological polar surface area (TPSA) is 51.9 Å². The molecule has 4 nitrogen and oxygen atoms in total. The molecule has 0 radical (unpaired) electrons. The molecule has 1 aromatic carbocycles. The Morgan fingerprint density at radius 2 is 1.41 bits per heavy atom. The Hall–Kier alpha value is -2.59. The van der Waals surface area contributed by atoms with Gasteiger partial charge >= 0.3 is 0 Å². The van der Waals surface area contributed by atoms with Crippen LogP contribution in [0, 0.1) is 6.92 Å². The number of carbonyl (C=O) groups excluding carboxylic acids is 1. The lowest BCUT2D eigenvalue weighted by atomic mass is 9.83. The molecule has 2 N–H and O–H groups in total. The number of nitrogens with zero attached hydrogens (tertiary/aromatic N) is 1. The van der Waals surface area contributed by atoms with Gasteiger partial charge in [-0.05, 0) is 80.1 Å². The van der Waals surface area contributed by atoms with Crippen molar-refractivity contribution in [3.8, 4) is 0 Å². The maximum absolute atomic E-state index is 12.0. The highest BCUT2D eigenvalue weighted by Gasteiger charge is 2.30. The molecular weight excluding hydrogens is 394 g/mol. The summed E-state index contributed by atoms with van der Waals surface area (Å²) in [5, 5.41) is 0. The molecule has 2 aromatic heterocycles. The lowest BCUT2D eigenvalue weighted by Crippen LogP contribution is -2.16. The van der Waals surface area contributed by atoms with Crippen molar-refractivity contribution in [2.24, 2.45) is 0 Å². The zero-order valence-electron chi connectivity index (χ0n) is 20.9. The molecule has 1 unspecified atom stereocenters. The number of hydrogen-bond donors (Lipinski definition) is 2. The number of hydrogen-bond acceptors (Lipinski definition) is 2. The molecule has 0 spiro atoms. The van der Waals surface area contributed by atoms with E-state index < -0.39 is 0 Å². The Morgan fingerprint density at radius 1 is 0.844 bits per heavy atom. The molecule has 0 saturated heterocycles. The lowest BCUT2D eigenvalue weighted by Gasteiger charge is -2.24. The standard InChI is InChI=1S/C28H39N3O/c1-8-20-18(5)29-27(22(20)10-3)26(24-15-13-12-14-19(24)16-31(6)7)28-23(11-4)21(9-2)25(17-32)30-28/h12-15,17,26,29-30H,8-11,16H2,1-7H3. The number of H-pyrrole nitrogens is 2. The average molecular weight is 434 g/mol. The Bertz CT molecular complexity index is 1070. The number of aldehydes is 1. The minimum Gasteiger partial charge on any atom is -0.361 e. The Morgan fingerprint density at radius 3 is 1.97 bits per heavy atom. The third kappa shape index (κ3) is 4.33. The van der Waals surface area contributed by atoms with E-state index >= 15 is 0 Å². The Kier molecular flexibility index (Phi) is 7.78. The summed E-state index contributed by atoms with van der Waals surface area (Å²) in [5.74, 6) is 0.0362. The first kappa shape index (κ1) is 24.1. The summed E-state index contributed by atoms with van der Waals surface area (Å²) in [7, 11) is 4.23. The highest BCUT2D eigenvalue weighted by atomic mass is 16.1. The van der Waals surface area contributed by atoms with Crippen molar-refractivity contribution in [3.05, 3.63) is 80.4 Å². The van der Waals surface area contributed by atoms with Crippen LogP contribution in [0.2, 0.25) is 0 Å². The number of aromatic amines is 2. The zero-order chi connectivity index (χ0) is 23.4. The number of aromatic nitrogens is 2. The normalized spacial score (nSPS) is 12.5. The van der Waals surface area contributed by atoms with Gasteiger partial charge in [0.05, 0.1) is 11.6 Å². The minimum absolute atomic E-state index is 0.0362. The van der Waals surface area contributed by atoms with Crippen molar-refractivity contribution in [1.82, 2.24) is 14.9 Å². The van der Waals surface area contributed by atoms with E-state index in [2.05, 4.69) is 87.8 Å². The molecule has 4 heteroatoms. The van der Waals surface area contributed by atoms with Crippen LogP contribution < -0.4 is 0 Å². The summed E-state index contributed by atoms with van der Waals surface area (Å²) < 4.78 is 0. The highest BCUT2D eigenvalue weighted by molar-refractivity contribution is 5.76. The summed E-state index contributed by atoms with van der Waals surface area (Å²) >= 11 is 0. The summed E-state index contributed by atoms with van der Waals surface area (Å²) in [6.07, 6.45) is 4.74. The molecule has 0 saturated carbocycles. The van der Waals surface area contributed by atoms with Crippen molar-refractivity contribution in [2.45, 2.75) is 72.8 Å². The van der Waals surface area contributed by atoms with E-state index in [0.29, 0.717) is 0 Å². The Labute approximate surface area is 193 Å². The van der Waals surface area contributed by atoms with Crippen LogP contribution in [0.15, 0.2) is 24.3 Å². The van der Waals surface area contributed by atoms with Gasteiger partial charge < -0.3 is 14.9 Å². The third-order valence-corrected chi connectivity index (χ3v) is 6.71. The fraction of sp³-hybridized carbons (Fsp3) is 0.464. The SMILES string of the molecule is CCc1c(C)[nH]c(C(c2ccccc2CN(C)C)c2[nH]c(C=O)c(CC)c2CC)c1CC. The van der Waals surface area contributed by atoms with Crippen LogP contribution in [0.1, 0.15) is 94.6 Å². The molecule has 3 rings (SSSR count). The van der Waals surface area contributed by atoms with Crippen LogP contribution in [0.4, 0.5) is 0 Å². The van der Waals surface area contributed by atoms with Gasteiger partial charge in [0.2, 0.25) is 0 Å². The molecule has 0 amide bonds. The van der Waals surface area contributed by atoms with Crippen molar-refractivity contribution >= 4 is 6.29 Å². The van der Waals surface area contributed by atoms with Gasteiger partial charge in [0.1, 0.15) is 0 Å². The number of rotatable bonds is 10. The molecule has 172 valence electrons. The van der Waals surface area contributed by atoms with Crippen LogP contribution in [-0.2, 0) is 32.2 Å². The fourth-order valence-electron chi connectivity index (χ4n) is 5.40. The molecule has 32 heavy (non-hydrogen) atoms. The summed E-state index contributed by atoms with van der Waals surface area (Å²) in [4.78, 5) is 21.5. The van der Waals surface area contributed by atoms with Crippen molar-refractivity contribution < 1.29 is 4.79 Å². The highest BCUT2D eigenvalue weighted by Crippen LogP contribution is 2.40. The van der Waals surface area contributed by atoms with Crippen LogP contribution >= 0.6 is 0 Å². The molecule has 0 aliphatic carbocycles. The van der Waals surface area contributed by atoms with Gasteiger partial charge in [-0.15, -0.1) is 0 Å². The van der Waals surface area contributed by atoms with E-state index in [4.69, 9.17) is 0 Å². The van der Waals surface area contributed by atoms with Gasteiger partial charge in [0.25, 0.3) is 0 Å². The van der Waals surface area contributed by atoms with E-state index in [1.54, 1.807) is 0 Å². The first-order chi connectivity index (χ1) is 15.4. The first-order valence-electron chi connectivity index (χ1n) is 12.0. The van der Waals surface area contributed by atoms with Crippen LogP contribution in [0.3, 0.4) is 0 Å². The second-order valence-electron chi connectivity index (χ2n) is 8.93. The maximum Gasteiger partial charge on any atom is 0.166 e. The Balaban J connectivity index is 2.39. The van der Waals surface area contributed by atoms with Crippen molar-refractivity contribution in [2.75, 3.05) is 14.1 Å². The lowest BCUT2D eigenvalue weighted by molar-refractivity contribution is 0.111. The molecule has 0 fully saturated rings. The number of nitrogens with one attached hydrogen (secondary N) is 2. The third-order valence-electron chi connectivity index (χ3n) is 6.71. The van der Waals surface area contributed by atoms with E-state index in [0.717, 1.165) is 55.5 Å². The predicted octanol–water partition coefficient (Wildman–Crippen LogP) is 5.96. The molecule has 0 aliphatic heterocycles. The number of carbonyl (C=O) groups is 1. The second-order valence-corrected chi connectivity index (χ2v) is 8.93. The molecule has 0 aliphatic rings. The minimum atomic E-state index is 0.0362. The second kappa shape index (κ2) is 10.4. The number of aryl methyl sites for hydroxylation is 1. The quantitative estimate of drug-likeness (QED) is 0.388. The van der Waals surface area contributed by atoms with E-state index in [9.17, 15) is 4.79 Å². The van der Waals surface area contributed by atoms with Gasteiger partial charge in [0, 0.05) is 23.6 Å². The van der Waals surface area contributed by atoms with Crippen LogP contribution in [0.25, 0.3) is 0 Å². The van der Waals surface area contributed by atoms with Crippen LogP contribution in [0.5, 0.6) is 0 Å². The number of benzene rings is 1. The average Bonchev–Trinajstić information content (AvgIpc) is 3.30. The molecule has 3 aromatic rings. The monoisotopic (exact) mass is 433 g/mol. The summed E-state index contributed by atoms with van der Waals surface area (Å²) in [6, 6.07) is 8.76. The van der Waals surface area contributed by atoms with Gasteiger partial charge in [-0.2, -0.15) is 0 Å². The van der Waals surface area contributed by atoms with Gasteiger partial charge in [0.15, 0.2) is 6.29 Å². The van der Waals surface area contributed by atoms with Gasteiger partial charge in [-0.25, -0.2) is 0 Å². The summed E-state index contributed by atoms with van der Waals surface area (Å²) in [6.45, 7) is 11.9.